The van der Waals surface area contributed by atoms with Gasteiger partial charge in [-0.1, -0.05) is 32.6 Å². The van der Waals surface area contributed by atoms with Crippen LogP contribution in [0, 0.1) is 12.8 Å². The van der Waals surface area contributed by atoms with E-state index in [4.69, 9.17) is 19.9 Å². The first-order valence-corrected chi connectivity index (χ1v) is 14.3. The Morgan fingerprint density at radius 1 is 1.28 bits per heavy atom. The minimum Gasteiger partial charge on any atom is -0.497 e. The summed E-state index contributed by atoms with van der Waals surface area (Å²) in [5.74, 6) is 0.289. The number of benzene rings is 2. The van der Waals surface area contributed by atoms with Crippen molar-refractivity contribution in [2.75, 3.05) is 25.6 Å². The molecule has 2 aromatic carbocycles. The lowest BCUT2D eigenvalue weighted by atomic mass is 9.78. The largest absolute Gasteiger partial charge is 0.497 e. The molecule has 1 aromatic heterocycles. The minimum atomic E-state index is -1.50. The highest BCUT2D eigenvalue weighted by molar-refractivity contribution is 6.43. The number of likely N-dealkylation sites (tertiary alicyclic amines) is 1. The number of anilines is 1. The second kappa shape index (κ2) is 16.3. The number of nitrogens with zero attached hydrogens (tertiary/aromatic N) is 4. The van der Waals surface area contributed by atoms with Gasteiger partial charge in [0, 0.05) is 30.2 Å². The zero-order chi connectivity index (χ0) is 31.4. The van der Waals surface area contributed by atoms with Crippen LogP contribution in [0.1, 0.15) is 44.2 Å². The SMILES string of the molecule is C=CN(/N=C(/c1ccc(OC)cc1)C(C)CC)Nc1cccc2c(C)ccnc12.O=CNCC(=O)N1CCCC1B(O)O. The highest BCUT2D eigenvalue weighted by Crippen LogP contribution is 2.25. The number of hydrogen-bond acceptors (Lipinski definition) is 9. The molecule has 2 unspecified atom stereocenters. The van der Waals surface area contributed by atoms with E-state index in [9.17, 15) is 9.59 Å². The van der Waals surface area contributed by atoms with Gasteiger partial charge in [0.2, 0.25) is 12.3 Å². The molecule has 0 aliphatic carbocycles. The lowest BCUT2D eigenvalue weighted by Crippen LogP contribution is -2.48. The van der Waals surface area contributed by atoms with E-state index < -0.39 is 13.1 Å². The molecule has 3 aromatic rings. The molecule has 1 fully saturated rings. The third-order valence-electron chi connectivity index (χ3n) is 7.38. The number of hydrazone groups is 1. The van der Waals surface area contributed by atoms with Gasteiger partial charge in [0.15, 0.2) is 0 Å². The fraction of sp³-hybridized carbons (Fsp3) is 0.355. The van der Waals surface area contributed by atoms with Gasteiger partial charge in [-0.15, -0.1) is 0 Å². The summed E-state index contributed by atoms with van der Waals surface area (Å²) in [6, 6.07) is 16.1. The number of aromatic nitrogens is 1. The molecular weight excluding hydrogens is 547 g/mol. The van der Waals surface area contributed by atoms with Gasteiger partial charge in [0.05, 0.1) is 36.5 Å². The molecule has 0 radical (unpaired) electrons. The van der Waals surface area contributed by atoms with Crippen molar-refractivity contribution in [1.82, 2.24) is 20.3 Å². The zero-order valence-corrected chi connectivity index (χ0v) is 25.2. The van der Waals surface area contributed by atoms with Crippen molar-refractivity contribution in [3.8, 4) is 5.75 Å². The lowest BCUT2D eigenvalue weighted by Gasteiger charge is -2.23. The minimum absolute atomic E-state index is 0.0906. The number of carbonyl (C=O) groups is 2. The van der Waals surface area contributed by atoms with Gasteiger partial charge in [-0.3, -0.25) is 20.0 Å². The molecule has 2 heterocycles. The fourth-order valence-electron chi connectivity index (χ4n) is 4.79. The van der Waals surface area contributed by atoms with Gasteiger partial charge in [-0.2, -0.15) is 10.2 Å². The number of fused-ring (bicyclic) bond motifs is 1. The van der Waals surface area contributed by atoms with E-state index in [1.165, 1.54) is 10.5 Å². The predicted octanol–water partition coefficient (Wildman–Crippen LogP) is 3.51. The first-order chi connectivity index (χ1) is 20.7. The van der Waals surface area contributed by atoms with Crippen molar-refractivity contribution in [3.63, 3.8) is 0 Å². The maximum atomic E-state index is 11.4. The van der Waals surface area contributed by atoms with Gasteiger partial charge < -0.3 is 25.0 Å². The molecule has 4 N–H and O–H groups in total. The molecule has 12 heteroatoms. The van der Waals surface area contributed by atoms with Gasteiger partial charge in [0.25, 0.3) is 0 Å². The van der Waals surface area contributed by atoms with Gasteiger partial charge in [-0.25, -0.2) is 0 Å². The van der Waals surface area contributed by atoms with Gasteiger partial charge >= 0.3 is 7.12 Å². The average molecular weight is 589 g/mol. The Kier molecular flexibility index (Phi) is 12.5. The van der Waals surface area contributed by atoms with E-state index >= 15 is 0 Å². The summed E-state index contributed by atoms with van der Waals surface area (Å²) in [6.07, 6.45) is 6.26. The summed E-state index contributed by atoms with van der Waals surface area (Å²) in [5, 5.41) is 27.8. The number of aryl methyl sites for hydroxylation is 1. The first kappa shape index (κ1) is 33.1. The number of rotatable bonds is 12. The van der Waals surface area contributed by atoms with Crippen molar-refractivity contribution >= 4 is 41.7 Å². The van der Waals surface area contributed by atoms with Crippen molar-refractivity contribution in [3.05, 3.63) is 78.6 Å². The number of carbonyl (C=O) groups excluding carboxylic acids is 2. The Morgan fingerprint density at radius 3 is 2.65 bits per heavy atom. The summed E-state index contributed by atoms with van der Waals surface area (Å²) in [5.41, 5.74) is 8.35. The van der Waals surface area contributed by atoms with Crippen LogP contribution in [0.15, 0.2) is 72.6 Å². The van der Waals surface area contributed by atoms with E-state index in [2.05, 4.69) is 49.1 Å². The van der Waals surface area contributed by atoms with Crippen molar-refractivity contribution in [2.24, 2.45) is 11.0 Å². The molecule has 1 aliphatic heterocycles. The van der Waals surface area contributed by atoms with Crippen LogP contribution in [-0.4, -0.2) is 76.3 Å². The monoisotopic (exact) mass is 588 g/mol. The van der Waals surface area contributed by atoms with E-state index in [0.29, 0.717) is 19.4 Å². The number of hydrogen-bond donors (Lipinski definition) is 4. The molecule has 1 saturated heterocycles. The van der Waals surface area contributed by atoms with Crippen molar-refractivity contribution < 1.29 is 24.4 Å². The average Bonchev–Trinajstić information content (AvgIpc) is 3.53. The van der Waals surface area contributed by atoms with Gasteiger partial charge in [-0.05, 0) is 73.7 Å². The van der Waals surface area contributed by atoms with E-state index in [-0.39, 0.29) is 18.4 Å². The molecule has 0 bridgehead atoms. The topological polar surface area (TPSA) is 140 Å². The number of amides is 2. The standard InChI is InChI=1S/C24H28N4O.C7H13BN2O4/c1-6-17(3)23(19-11-13-20(29-5)14-12-19)27-28(7-2)26-22-10-8-9-21-18(4)15-16-25-24(21)22;11-5-9-4-7(12)10-3-1-2-6(10)8(13)14/h7-17,26H,2,6H2,1,3-5H3;5-6,13-14H,1-4H2,(H,9,11)/b27-23+;. The summed E-state index contributed by atoms with van der Waals surface area (Å²) < 4.78 is 5.28. The normalized spacial score (nSPS) is 15.2. The Bertz CT molecular complexity index is 1400. The van der Waals surface area contributed by atoms with E-state index in [1.54, 1.807) is 18.4 Å². The third-order valence-corrected chi connectivity index (χ3v) is 7.38. The number of methoxy groups -OCH3 is 1. The number of hydrazine groups is 1. The molecule has 1 aliphatic rings. The number of para-hydroxylation sites is 1. The second-order valence-corrected chi connectivity index (χ2v) is 10.2. The van der Waals surface area contributed by atoms with Crippen LogP contribution in [0.25, 0.3) is 10.9 Å². The summed E-state index contributed by atoms with van der Waals surface area (Å²) in [7, 11) is 0.166. The summed E-state index contributed by atoms with van der Waals surface area (Å²) in [6.45, 7) is 10.8. The Balaban J connectivity index is 0.000000303. The Hall–Kier alpha value is -4.42. The molecule has 0 saturated carbocycles. The molecule has 11 nitrogen and oxygen atoms in total. The maximum Gasteiger partial charge on any atom is 0.475 e. The molecule has 4 rings (SSSR count). The molecular formula is C31H41BN6O5. The molecule has 2 atom stereocenters. The predicted molar refractivity (Wildman–Crippen MR) is 170 cm³/mol. The maximum absolute atomic E-state index is 11.4. The van der Waals surface area contributed by atoms with Crippen LogP contribution in [0.5, 0.6) is 5.75 Å². The lowest BCUT2D eigenvalue weighted by molar-refractivity contribution is -0.131. The summed E-state index contributed by atoms with van der Waals surface area (Å²) in [4.78, 5) is 27.3. The Labute approximate surface area is 253 Å². The Morgan fingerprint density at radius 2 is 2.02 bits per heavy atom. The molecule has 2 amide bonds. The molecule has 43 heavy (non-hydrogen) atoms. The van der Waals surface area contributed by atoms with Crippen LogP contribution >= 0.6 is 0 Å². The third kappa shape index (κ3) is 8.79. The van der Waals surface area contributed by atoms with Crippen LogP contribution in [0.4, 0.5) is 5.69 Å². The zero-order valence-electron chi connectivity index (χ0n) is 25.2. The van der Waals surface area contributed by atoms with E-state index in [0.717, 1.165) is 46.5 Å². The molecule has 0 spiro atoms. The quantitative estimate of drug-likeness (QED) is 0.109. The van der Waals surface area contributed by atoms with Crippen LogP contribution < -0.4 is 15.5 Å². The highest BCUT2D eigenvalue weighted by Gasteiger charge is 2.36. The van der Waals surface area contributed by atoms with Crippen LogP contribution in [0.3, 0.4) is 0 Å². The first-order valence-electron chi connectivity index (χ1n) is 14.3. The van der Waals surface area contributed by atoms with E-state index in [1.807, 2.05) is 48.7 Å². The summed E-state index contributed by atoms with van der Waals surface area (Å²) >= 11 is 0. The van der Waals surface area contributed by atoms with Crippen molar-refractivity contribution in [2.45, 2.75) is 46.0 Å². The number of nitrogens with one attached hydrogen (secondary N) is 2. The van der Waals surface area contributed by atoms with Crippen LogP contribution in [0.2, 0.25) is 0 Å². The second-order valence-electron chi connectivity index (χ2n) is 10.2. The number of ether oxygens (including phenoxy) is 1. The fourth-order valence-corrected chi connectivity index (χ4v) is 4.79. The van der Waals surface area contributed by atoms with Crippen molar-refractivity contribution in [1.29, 1.82) is 0 Å². The smallest absolute Gasteiger partial charge is 0.475 e. The number of pyridine rings is 1. The van der Waals surface area contributed by atoms with Gasteiger partial charge in [0.1, 0.15) is 5.75 Å². The van der Waals surface area contributed by atoms with Crippen LogP contribution in [-0.2, 0) is 9.59 Å². The molecule has 228 valence electrons. The highest BCUT2D eigenvalue weighted by atomic mass is 16.5.